The fourth-order valence-corrected chi connectivity index (χ4v) is 1.20. The van der Waals surface area contributed by atoms with E-state index in [1.54, 1.807) is 0 Å². The highest BCUT2D eigenvalue weighted by molar-refractivity contribution is 4.64. The Labute approximate surface area is 75.6 Å². The highest BCUT2D eigenvalue weighted by Gasteiger charge is 2.10. The van der Waals surface area contributed by atoms with E-state index in [2.05, 4.69) is 0 Å². The quantitative estimate of drug-likeness (QED) is 0.580. The second kappa shape index (κ2) is 6.44. The Morgan fingerprint density at radius 1 is 0.917 bits per heavy atom. The van der Waals surface area contributed by atoms with Crippen LogP contribution in [-0.2, 0) is 0 Å². The van der Waals surface area contributed by atoms with Crippen molar-refractivity contribution in [1.82, 2.24) is 0 Å². The van der Waals surface area contributed by atoms with Gasteiger partial charge in [0.15, 0.2) is 0 Å². The van der Waals surface area contributed by atoms with Crippen molar-refractivity contribution in [2.24, 2.45) is 0 Å². The van der Waals surface area contributed by atoms with Gasteiger partial charge in [-0.05, 0) is 26.7 Å². The minimum absolute atomic E-state index is 0.311. The first kappa shape index (κ1) is 11.9. The number of rotatable bonds is 7. The van der Waals surface area contributed by atoms with Gasteiger partial charge >= 0.3 is 0 Å². The highest BCUT2D eigenvalue weighted by Crippen LogP contribution is 2.14. The molecule has 0 amide bonds. The summed E-state index contributed by atoms with van der Waals surface area (Å²) >= 11 is 0. The maximum absolute atomic E-state index is 9.38. The molecule has 0 rings (SSSR count). The van der Waals surface area contributed by atoms with Gasteiger partial charge in [0.2, 0.25) is 0 Å². The van der Waals surface area contributed by atoms with Crippen LogP contribution in [0.1, 0.15) is 52.4 Å². The summed E-state index contributed by atoms with van der Waals surface area (Å²) in [4.78, 5) is 0. The molecule has 0 aromatic carbocycles. The summed E-state index contributed by atoms with van der Waals surface area (Å²) in [6.07, 6.45) is 6.35. The Bertz CT molecular complexity index is 94.5. The third-order valence-electron chi connectivity index (χ3n) is 1.95. The van der Waals surface area contributed by atoms with Gasteiger partial charge in [-0.3, -0.25) is 0 Å². The number of hydrogen-bond acceptors (Lipinski definition) is 2. The van der Waals surface area contributed by atoms with E-state index in [0.29, 0.717) is 6.61 Å². The molecule has 0 radical (unpaired) electrons. The molecule has 0 aliphatic heterocycles. The third-order valence-corrected chi connectivity index (χ3v) is 1.95. The van der Waals surface area contributed by atoms with Crippen LogP contribution < -0.4 is 0 Å². The lowest BCUT2D eigenvalue weighted by atomic mass is 10.00. The zero-order valence-corrected chi connectivity index (χ0v) is 8.34. The fourth-order valence-electron chi connectivity index (χ4n) is 1.20. The zero-order valence-electron chi connectivity index (χ0n) is 8.34. The first-order chi connectivity index (χ1) is 5.56. The van der Waals surface area contributed by atoms with Gasteiger partial charge in [0.05, 0.1) is 5.60 Å². The molecule has 2 heteroatoms. The Hall–Kier alpha value is -0.0800. The maximum Gasteiger partial charge on any atom is 0.0591 e. The minimum atomic E-state index is -0.503. The van der Waals surface area contributed by atoms with Crippen molar-refractivity contribution in [3.05, 3.63) is 0 Å². The van der Waals surface area contributed by atoms with Crippen LogP contribution in [0.2, 0.25) is 0 Å². The van der Waals surface area contributed by atoms with Crippen LogP contribution in [0.25, 0.3) is 0 Å². The van der Waals surface area contributed by atoms with Crippen LogP contribution in [-0.4, -0.2) is 22.4 Å². The number of hydrogen-bond donors (Lipinski definition) is 2. The van der Waals surface area contributed by atoms with Gasteiger partial charge in [-0.15, -0.1) is 0 Å². The maximum atomic E-state index is 9.38. The molecule has 0 unspecified atom stereocenters. The van der Waals surface area contributed by atoms with E-state index in [1.807, 2.05) is 13.8 Å². The van der Waals surface area contributed by atoms with Gasteiger partial charge in [-0.1, -0.05) is 25.7 Å². The lowest BCUT2D eigenvalue weighted by Crippen LogP contribution is -2.17. The highest BCUT2D eigenvalue weighted by atomic mass is 16.3. The predicted molar refractivity (Wildman–Crippen MR) is 51.1 cm³/mol. The Balaban J connectivity index is 3.01. The molecular formula is C10H22O2. The summed E-state index contributed by atoms with van der Waals surface area (Å²) in [5, 5.41) is 17.9. The van der Waals surface area contributed by atoms with Crippen LogP contribution in [0.5, 0.6) is 0 Å². The van der Waals surface area contributed by atoms with Crippen molar-refractivity contribution in [2.75, 3.05) is 6.61 Å². The van der Waals surface area contributed by atoms with Crippen molar-refractivity contribution >= 4 is 0 Å². The van der Waals surface area contributed by atoms with Crippen molar-refractivity contribution in [1.29, 1.82) is 0 Å². The van der Waals surface area contributed by atoms with Crippen LogP contribution in [0.15, 0.2) is 0 Å². The van der Waals surface area contributed by atoms with Crippen LogP contribution in [0.3, 0.4) is 0 Å². The van der Waals surface area contributed by atoms with Crippen molar-refractivity contribution in [3.63, 3.8) is 0 Å². The molecule has 0 aromatic heterocycles. The Morgan fingerprint density at radius 3 is 1.92 bits per heavy atom. The second-order valence-corrected chi connectivity index (χ2v) is 4.05. The molecule has 0 aliphatic carbocycles. The smallest absolute Gasteiger partial charge is 0.0591 e. The summed E-state index contributed by atoms with van der Waals surface area (Å²) in [6.45, 7) is 4.01. The van der Waals surface area contributed by atoms with E-state index >= 15 is 0 Å². The number of aliphatic hydroxyl groups is 2. The molecule has 0 saturated heterocycles. The van der Waals surface area contributed by atoms with Crippen LogP contribution in [0, 0.1) is 0 Å². The Morgan fingerprint density at radius 2 is 1.42 bits per heavy atom. The molecule has 0 bridgehead atoms. The molecular weight excluding hydrogens is 152 g/mol. The van der Waals surface area contributed by atoms with Gasteiger partial charge in [0.1, 0.15) is 0 Å². The van der Waals surface area contributed by atoms with E-state index in [0.717, 1.165) is 25.7 Å². The molecule has 74 valence electrons. The lowest BCUT2D eigenvalue weighted by molar-refractivity contribution is 0.0680. The first-order valence-corrected chi connectivity index (χ1v) is 4.89. The lowest BCUT2D eigenvalue weighted by Gasteiger charge is -2.16. The Kier molecular flexibility index (Phi) is 6.39. The molecule has 0 heterocycles. The van der Waals surface area contributed by atoms with Gasteiger partial charge in [-0.25, -0.2) is 0 Å². The van der Waals surface area contributed by atoms with E-state index < -0.39 is 5.60 Å². The van der Waals surface area contributed by atoms with Crippen molar-refractivity contribution in [3.8, 4) is 0 Å². The summed E-state index contributed by atoms with van der Waals surface area (Å²) < 4.78 is 0. The average Bonchev–Trinajstić information content (AvgIpc) is 1.94. The van der Waals surface area contributed by atoms with Gasteiger partial charge in [-0.2, -0.15) is 0 Å². The molecule has 0 spiro atoms. The SMILES string of the molecule is CC(C)(O)CCCCCCCO. The predicted octanol–water partition coefficient (Wildman–Crippen LogP) is 2.09. The largest absolute Gasteiger partial charge is 0.396 e. The fraction of sp³-hybridized carbons (Fsp3) is 1.00. The van der Waals surface area contributed by atoms with Crippen molar-refractivity contribution < 1.29 is 10.2 Å². The molecule has 12 heavy (non-hydrogen) atoms. The topological polar surface area (TPSA) is 40.5 Å². The molecule has 0 aliphatic rings. The standard InChI is InChI=1S/C10H22O2/c1-10(2,12)8-6-4-3-5-7-9-11/h11-12H,3-9H2,1-2H3. The summed E-state index contributed by atoms with van der Waals surface area (Å²) in [5.41, 5.74) is -0.503. The molecule has 0 saturated carbocycles. The summed E-state index contributed by atoms with van der Waals surface area (Å²) in [6, 6.07) is 0. The molecule has 2 N–H and O–H groups in total. The normalized spacial score (nSPS) is 12.0. The van der Waals surface area contributed by atoms with E-state index in [1.165, 1.54) is 12.8 Å². The first-order valence-electron chi connectivity index (χ1n) is 4.89. The summed E-state index contributed by atoms with van der Waals surface area (Å²) in [7, 11) is 0. The van der Waals surface area contributed by atoms with Gasteiger partial charge in [0, 0.05) is 6.61 Å². The molecule has 0 fully saturated rings. The van der Waals surface area contributed by atoms with Crippen molar-refractivity contribution in [2.45, 2.75) is 58.0 Å². The van der Waals surface area contributed by atoms with E-state index in [-0.39, 0.29) is 0 Å². The molecule has 0 aromatic rings. The average molecular weight is 174 g/mol. The van der Waals surface area contributed by atoms with Crippen LogP contribution in [0.4, 0.5) is 0 Å². The van der Waals surface area contributed by atoms with E-state index in [9.17, 15) is 5.11 Å². The molecule has 2 nitrogen and oxygen atoms in total. The molecule has 0 atom stereocenters. The second-order valence-electron chi connectivity index (χ2n) is 4.05. The van der Waals surface area contributed by atoms with E-state index in [4.69, 9.17) is 5.11 Å². The third kappa shape index (κ3) is 9.92. The monoisotopic (exact) mass is 174 g/mol. The van der Waals surface area contributed by atoms with Crippen LogP contribution >= 0.6 is 0 Å². The minimum Gasteiger partial charge on any atom is -0.396 e. The van der Waals surface area contributed by atoms with Gasteiger partial charge in [0.25, 0.3) is 0 Å². The summed E-state index contributed by atoms with van der Waals surface area (Å²) in [5.74, 6) is 0. The zero-order chi connectivity index (χ0) is 9.45. The number of unbranched alkanes of at least 4 members (excludes halogenated alkanes) is 4. The van der Waals surface area contributed by atoms with Gasteiger partial charge < -0.3 is 10.2 Å². The number of aliphatic hydroxyl groups excluding tert-OH is 1.